The Labute approximate surface area is 112 Å². The van der Waals surface area contributed by atoms with Crippen LogP contribution in [-0.2, 0) is 12.7 Å². The Hall–Kier alpha value is -1.75. The first-order valence-electron chi connectivity index (χ1n) is 5.55. The third-order valence-corrected chi connectivity index (χ3v) is 3.29. The van der Waals surface area contributed by atoms with Crippen molar-refractivity contribution in [1.29, 1.82) is 0 Å². The summed E-state index contributed by atoms with van der Waals surface area (Å²) in [5.41, 5.74) is 0.960. The molecule has 2 nitrogen and oxygen atoms in total. The minimum Gasteiger partial charge on any atom is -0.341 e. The highest BCUT2D eigenvalue weighted by Crippen LogP contribution is 2.35. The van der Waals surface area contributed by atoms with E-state index in [-0.39, 0.29) is 10.9 Å². The lowest BCUT2D eigenvalue weighted by molar-refractivity contribution is -0.137. The Morgan fingerprint density at radius 2 is 2.00 bits per heavy atom. The van der Waals surface area contributed by atoms with Gasteiger partial charge >= 0.3 is 6.18 Å². The lowest BCUT2D eigenvalue weighted by Crippen LogP contribution is -2.05. The predicted molar refractivity (Wildman–Crippen MR) is 67.0 cm³/mol. The monoisotopic (exact) mass is 284 g/mol. The van der Waals surface area contributed by atoms with Crippen LogP contribution in [0.5, 0.6) is 0 Å². The summed E-state index contributed by atoms with van der Waals surface area (Å²) in [7, 11) is 0. The van der Waals surface area contributed by atoms with Crippen LogP contribution in [0.1, 0.15) is 16.8 Å². The van der Waals surface area contributed by atoms with Crippen LogP contribution >= 0.6 is 11.6 Å². The number of halogens is 4. The zero-order valence-electron chi connectivity index (χ0n) is 9.58. The molecular formula is C13H8ClF3N2. The summed E-state index contributed by atoms with van der Waals surface area (Å²) >= 11 is 6.04. The molecule has 3 rings (SSSR count). The highest BCUT2D eigenvalue weighted by atomic mass is 35.5. The van der Waals surface area contributed by atoms with E-state index in [4.69, 9.17) is 11.6 Å². The number of aliphatic imine (C=N–C) groups is 1. The van der Waals surface area contributed by atoms with Crippen molar-refractivity contribution in [1.82, 2.24) is 4.57 Å². The maximum atomic E-state index is 12.7. The van der Waals surface area contributed by atoms with Crippen LogP contribution in [0.25, 0.3) is 0 Å². The molecule has 0 spiro atoms. The molecular weight excluding hydrogens is 277 g/mol. The average Bonchev–Trinajstić information content (AvgIpc) is 2.73. The maximum absolute atomic E-state index is 12.7. The van der Waals surface area contributed by atoms with Crippen molar-refractivity contribution in [2.75, 3.05) is 0 Å². The lowest BCUT2D eigenvalue weighted by Gasteiger charge is -2.10. The molecule has 2 aromatic rings. The predicted octanol–water partition coefficient (Wildman–Crippen LogP) is 4.19. The summed E-state index contributed by atoms with van der Waals surface area (Å²) < 4.78 is 39.9. The molecule has 0 unspecified atom stereocenters. The van der Waals surface area contributed by atoms with Crippen LogP contribution < -0.4 is 0 Å². The zero-order chi connectivity index (χ0) is 13.6. The van der Waals surface area contributed by atoms with E-state index >= 15 is 0 Å². The topological polar surface area (TPSA) is 17.3 Å². The summed E-state index contributed by atoms with van der Waals surface area (Å²) in [6.45, 7) is 0.454. The van der Waals surface area contributed by atoms with Gasteiger partial charge in [0.15, 0.2) is 5.17 Å². The van der Waals surface area contributed by atoms with Crippen LogP contribution in [0, 0.1) is 0 Å². The van der Waals surface area contributed by atoms with E-state index in [0.717, 1.165) is 12.1 Å². The zero-order valence-corrected chi connectivity index (χ0v) is 10.3. The van der Waals surface area contributed by atoms with Gasteiger partial charge in [-0.3, -0.25) is 0 Å². The van der Waals surface area contributed by atoms with Gasteiger partial charge < -0.3 is 4.57 Å². The molecule has 0 saturated heterocycles. The smallest absolute Gasteiger partial charge is 0.341 e. The molecule has 1 aromatic heterocycles. The second kappa shape index (κ2) is 4.13. The fraction of sp³-hybridized carbons (Fsp3) is 0.154. The van der Waals surface area contributed by atoms with E-state index in [9.17, 15) is 13.2 Å². The van der Waals surface area contributed by atoms with Crippen molar-refractivity contribution in [2.24, 2.45) is 4.99 Å². The van der Waals surface area contributed by atoms with Gasteiger partial charge in [0.05, 0.1) is 16.9 Å². The van der Waals surface area contributed by atoms with Gasteiger partial charge in [-0.25, -0.2) is 4.99 Å². The van der Waals surface area contributed by atoms with Crippen LogP contribution in [0.3, 0.4) is 0 Å². The highest BCUT2D eigenvalue weighted by molar-refractivity contribution is 6.69. The average molecular weight is 285 g/mol. The number of alkyl halides is 3. The molecule has 19 heavy (non-hydrogen) atoms. The summed E-state index contributed by atoms with van der Waals surface area (Å²) in [6, 6.07) is 7.15. The number of fused-ring (bicyclic) bond motifs is 2. The Kier molecular flexibility index (Phi) is 2.67. The molecule has 1 aliphatic heterocycles. The fourth-order valence-corrected chi connectivity index (χ4v) is 2.33. The molecule has 1 aliphatic rings. The van der Waals surface area contributed by atoms with Crippen LogP contribution in [0.15, 0.2) is 41.5 Å². The van der Waals surface area contributed by atoms with Gasteiger partial charge in [0.2, 0.25) is 0 Å². The van der Waals surface area contributed by atoms with Gasteiger partial charge in [-0.2, -0.15) is 13.2 Å². The number of rotatable bonds is 0. The molecule has 6 heteroatoms. The van der Waals surface area contributed by atoms with Crippen LogP contribution in [-0.4, -0.2) is 9.74 Å². The third kappa shape index (κ3) is 2.14. The first-order chi connectivity index (χ1) is 8.95. The molecule has 0 bridgehead atoms. The van der Waals surface area contributed by atoms with Gasteiger partial charge in [-0.05, 0) is 29.8 Å². The number of nitrogens with zero attached hydrogens (tertiary/aromatic N) is 2. The molecule has 0 atom stereocenters. The number of aromatic nitrogens is 1. The molecule has 0 aliphatic carbocycles. The quantitative estimate of drug-likeness (QED) is 0.690. The molecule has 1 aromatic carbocycles. The number of hydrogen-bond donors (Lipinski definition) is 0. The summed E-state index contributed by atoms with van der Waals surface area (Å²) in [6.07, 6.45) is -2.56. The van der Waals surface area contributed by atoms with Crippen molar-refractivity contribution in [2.45, 2.75) is 12.7 Å². The van der Waals surface area contributed by atoms with Crippen molar-refractivity contribution in [3.05, 3.63) is 53.3 Å². The summed E-state index contributed by atoms with van der Waals surface area (Å²) in [4.78, 5) is 4.09. The largest absolute Gasteiger partial charge is 0.416 e. The Morgan fingerprint density at radius 3 is 2.74 bits per heavy atom. The van der Waals surface area contributed by atoms with Gasteiger partial charge in [0.25, 0.3) is 0 Å². The van der Waals surface area contributed by atoms with E-state index in [1.807, 2.05) is 16.8 Å². The van der Waals surface area contributed by atoms with Crippen LogP contribution in [0.2, 0.25) is 0 Å². The van der Waals surface area contributed by atoms with Crippen molar-refractivity contribution in [3.63, 3.8) is 0 Å². The normalized spacial score (nSPS) is 14.4. The molecule has 98 valence electrons. The summed E-state index contributed by atoms with van der Waals surface area (Å²) in [5, 5.41) is 0.197. The first-order valence-corrected chi connectivity index (χ1v) is 5.93. The van der Waals surface area contributed by atoms with E-state index in [1.54, 1.807) is 6.07 Å². The SMILES string of the molecule is FC(F)(F)c1ccc2c(c1)N=C(Cl)c1cccn1C2. The Morgan fingerprint density at radius 1 is 1.21 bits per heavy atom. The molecule has 2 heterocycles. The molecule has 0 saturated carbocycles. The van der Waals surface area contributed by atoms with Gasteiger partial charge in [0, 0.05) is 12.7 Å². The van der Waals surface area contributed by atoms with Gasteiger partial charge in [-0.15, -0.1) is 0 Å². The molecule has 0 amide bonds. The first kappa shape index (κ1) is 12.3. The lowest BCUT2D eigenvalue weighted by atomic mass is 10.1. The summed E-state index contributed by atoms with van der Waals surface area (Å²) in [5.74, 6) is 0. The molecule has 0 N–H and O–H groups in total. The second-order valence-electron chi connectivity index (χ2n) is 4.27. The van der Waals surface area contributed by atoms with Crippen molar-refractivity contribution >= 4 is 22.5 Å². The van der Waals surface area contributed by atoms with Gasteiger partial charge in [0.1, 0.15) is 0 Å². The third-order valence-electron chi connectivity index (χ3n) is 3.01. The molecule has 0 radical (unpaired) electrons. The van der Waals surface area contributed by atoms with Crippen LogP contribution in [0.4, 0.5) is 18.9 Å². The molecule has 0 fully saturated rings. The van der Waals surface area contributed by atoms with E-state index in [0.29, 0.717) is 17.8 Å². The fourth-order valence-electron chi connectivity index (χ4n) is 2.06. The standard InChI is InChI=1S/C13H8ClF3N2/c14-12-11-2-1-5-19(11)7-8-3-4-9(13(15,16)17)6-10(8)18-12/h1-6H,7H2. The van der Waals surface area contributed by atoms with E-state index in [2.05, 4.69) is 4.99 Å². The maximum Gasteiger partial charge on any atom is 0.416 e. The minimum absolute atomic E-state index is 0.197. The Bertz CT molecular complexity index is 671. The van der Waals surface area contributed by atoms with Gasteiger partial charge in [-0.1, -0.05) is 17.7 Å². The number of benzene rings is 1. The second-order valence-corrected chi connectivity index (χ2v) is 4.62. The Balaban J connectivity index is 2.15. The highest BCUT2D eigenvalue weighted by Gasteiger charge is 2.31. The van der Waals surface area contributed by atoms with E-state index < -0.39 is 11.7 Å². The number of hydrogen-bond acceptors (Lipinski definition) is 1. The van der Waals surface area contributed by atoms with E-state index in [1.165, 1.54) is 6.07 Å². The minimum atomic E-state index is -4.38. The van der Waals surface area contributed by atoms with Crippen molar-refractivity contribution < 1.29 is 13.2 Å². The van der Waals surface area contributed by atoms with Crippen molar-refractivity contribution in [3.8, 4) is 0 Å².